The van der Waals surface area contributed by atoms with Crippen molar-refractivity contribution in [3.8, 4) is 23.0 Å². The highest BCUT2D eigenvalue weighted by atomic mass is 31.2. The van der Waals surface area contributed by atoms with Gasteiger partial charge in [-0.2, -0.15) is 0 Å². The summed E-state index contributed by atoms with van der Waals surface area (Å²) in [5.41, 5.74) is 0. The van der Waals surface area contributed by atoms with Gasteiger partial charge in [-0.1, -0.05) is 146 Å². The molecule has 4 nitrogen and oxygen atoms in total. The van der Waals surface area contributed by atoms with Crippen molar-refractivity contribution in [2.75, 3.05) is 0 Å². The summed E-state index contributed by atoms with van der Waals surface area (Å²) in [4.78, 5) is 0. The minimum Gasteiger partial charge on any atom is -0.697 e. The van der Waals surface area contributed by atoms with Crippen molar-refractivity contribution in [2.24, 2.45) is 0 Å². The minimum absolute atomic E-state index is 0.611. The van der Waals surface area contributed by atoms with E-state index in [1.165, 1.54) is 21.2 Å². The van der Waals surface area contributed by atoms with Gasteiger partial charge in [-0.15, -0.1) is 0 Å². The van der Waals surface area contributed by atoms with Crippen molar-refractivity contribution in [1.29, 1.82) is 0 Å². The van der Waals surface area contributed by atoms with Crippen molar-refractivity contribution >= 4 is 42.9 Å². The highest BCUT2D eigenvalue weighted by Gasteiger charge is 2.64. The van der Waals surface area contributed by atoms with Crippen LogP contribution in [0.25, 0.3) is 0 Å². The fourth-order valence-electron chi connectivity index (χ4n) is 6.31. The monoisotopic (exact) mass is 738 g/mol. The summed E-state index contributed by atoms with van der Waals surface area (Å²) < 4.78 is 25.3. The van der Waals surface area contributed by atoms with Crippen LogP contribution >= 0.6 is 7.26 Å². The smallest absolute Gasteiger partial charge is 0.697 e. The molecular formula is C48H40AlO4P. The van der Waals surface area contributed by atoms with Crippen molar-refractivity contribution in [3.63, 3.8) is 0 Å². The zero-order chi connectivity index (χ0) is 36.7. The SMILES string of the molecule is c1ccc([O][Al-]([O]c2ccccc2)([O]c2ccccc2)[O]c2ccccc2)cc1.c1ccc([P+](c2ccccc2)(c2ccccc2)c2ccccc2)cc1. The highest BCUT2D eigenvalue weighted by Crippen LogP contribution is 2.54. The molecule has 0 aliphatic rings. The molecule has 0 saturated carbocycles. The van der Waals surface area contributed by atoms with Crippen molar-refractivity contribution in [2.45, 2.75) is 0 Å². The van der Waals surface area contributed by atoms with Crippen LogP contribution in [0.3, 0.4) is 0 Å². The van der Waals surface area contributed by atoms with Gasteiger partial charge in [0.1, 0.15) is 28.5 Å². The number of hydrogen-bond acceptors (Lipinski definition) is 4. The third-order valence-corrected chi connectivity index (χ3v) is 15.2. The minimum atomic E-state index is -4.13. The van der Waals surface area contributed by atoms with Gasteiger partial charge in [0.2, 0.25) is 0 Å². The Kier molecular flexibility index (Phi) is 12.2. The lowest BCUT2D eigenvalue weighted by molar-refractivity contribution is 0.161. The van der Waals surface area contributed by atoms with E-state index in [0.717, 1.165) is 0 Å². The molecule has 0 heterocycles. The first-order valence-electron chi connectivity index (χ1n) is 17.9. The average Bonchev–Trinajstić information content (AvgIpc) is 3.24. The molecule has 0 aliphatic heterocycles. The first-order chi connectivity index (χ1) is 26.7. The topological polar surface area (TPSA) is 36.9 Å². The van der Waals surface area contributed by atoms with E-state index in [-0.39, 0.29) is 0 Å². The summed E-state index contributed by atoms with van der Waals surface area (Å²) >= 11 is -4.13. The molecule has 0 aromatic heterocycles. The van der Waals surface area contributed by atoms with E-state index in [1.807, 2.05) is 121 Å². The zero-order valence-corrected chi connectivity index (χ0v) is 31.8. The zero-order valence-electron chi connectivity index (χ0n) is 29.8. The average molecular weight is 739 g/mol. The lowest BCUT2D eigenvalue weighted by Crippen LogP contribution is -2.60. The van der Waals surface area contributed by atoms with Crippen molar-refractivity contribution in [3.05, 3.63) is 243 Å². The second kappa shape index (κ2) is 18.1. The third kappa shape index (κ3) is 8.92. The predicted octanol–water partition coefficient (Wildman–Crippen LogP) is 10.0. The van der Waals surface area contributed by atoms with E-state index < -0.39 is 21.7 Å². The van der Waals surface area contributed by atoms with Crippen LogP contribution in [0.1, 0.15) is 0 Å². The molecule has 6 heteroatoms. The highest BCUT2D eigenvalue weighted by molar-refractivity contribution is 8.01. The summed E-state index contributed by atoms with van der Waals surface area (Å²) in [5, 5.41) is 5.55. The van der Waals surface area contributed by atoms with E-state index in [1.54, 1.807) is 0 Å². The predicted molar refractivity (Wildman–Crippen MR) is 225 cm³/mol. The molecule has 8 aromatic rings. The van der Waals surface area contributed by atoms with Crippen LogP contribution in [0.15, 0.2) is 243 Å². The van der Waals surface area contributed by atoms with E-state index in [9.17, 15) is 0 Å². The summed E-state index contributed by atoms with van der Waals surface area (Å²) in [6.07, 6.45) is 0. The van der Waals surface area contributed by atoms with Gasteiger partial charge >= 0.3 is 14.4 Å². The van der Waals surface area contributed by atoms with Gasteiger partial charge in [0, 0.05) is 0 Å². The number of hydrogen-bond donors (Lipinski definition) is 0. The Balaban J connectivity index is 0.000000168. The van der Waals surface area contributed by atoms with E-state index >= 15 is 0 Å². The van der Waals surface area contributed by atoms with Crippen LogP contribution in [-0.2, 0) is 0 Å². The molecular weight excluding hydrogens is 698 g/mol. The quantitative estimate of drug-likeness (QED) is 0.0924. The molecule has 0 amide bonds. The number of rotatable bonds is 12. The normalized spacial score (nSPS) is 11.0. The molecule has 54 heavy (non-hydrogen) atoms. The molecule has 0 N–H and O–H groups in total. The van der Waals surface area contributed by atoms with Crippen LogP contribution in [0.4, 0.5) is 0 Å². The third-order valence-electron chi connectivity index (χ3n) is 8.67. The molecule has 8 rings (SSSR count). The van der Waals surface area contributed by atoms with Gasteiger partial charge in [-0.3, -0.25) is 0 Å². The van der Waals surface area contributed by atoms with Crippen LogP contribution in [-0.4, -0.2) is 14.4 Å². The molecule has 0 radical (unpaired) electrons. The lowest BCUT2D eigenvalue weighted by Gasteiger charge is -2.38. The Morgan fingerprint density at radius 3 is 0.574 bits per heavy atom. The van der Waals surface area contributed by atoms with Gasteiger partial charge in [-0.05, 0) is 97.1 Å². The molecule has 0 fully saturated rings. The fraction of sp³-hybridized carbons (Fsp3) is 0. The maximum Gasteiger partial charge on any atom is 1.21 e. The molecule has 0 atom stereocenters. The summed E-state index contributed by atoms with van der Waals surface area (Å²) in [7, 11) is -1.91. The Labute approximate surface area is 322 Å². The van der Waals surface area contributed by atoms with Gasteiger partial charge in [0.25, 0.3) is 0 Å². The van der Waals surface area contributed by atoms with Crippen LogP contribution in [0.5, 0.6) is 23.0 Å². The second-order valence-electron chi connectivity index (χ2n) is 12.3. The van der Waals surface area contributed by atoms with Crippen molar-refractivity contribution < 1.29 is 15.2 Å². The standard InChI is InChI=1S/C24H20P.4C6H6O.Al/c1-5-13-21(14-6-1)25(22-15-7-2-8-16-22,23-17-9-3-10-18-23)24-19-11-4-12-20-24;4*7-6-4-2-1-3-5-6;/h1-20H;4*1-5,7H;/q+1;;;;;+3/p-4. The summed E-state index contributed by atoms with van der Waals surface area (Å²) in [6, 6.07) is 81.5. The summed E-state index contributed by atoms with van der Waals surface area (Å²) in [5.74, 6) is 2.45. The Morgan fingerprint density at radius 1 is 0.222 bits per heavy atom. The molecule has 0 saturated heterocycles. The molecule has 0 unspecified atom stereocenters. The second-order valence-corrected chi connectivity index (χ2v) is 17.8. The van der Waals surface area contributed by atoms with E-state index in [2.05, 4.69) is 121 Å². The van der Waals surface area contributed by atoms with E-state index in [0.29, 0.717) is 23.0 Å². The van der Waals surface area contributed by atoms with E-state index in [4.69, 9.17) is 15.2 Å². The first-order valence-corrected chi connectivity index (χ1v) is 21.6. The maximum atomic E-state index is 6.31. The van der Waals surface area contributed by atoms with Crippen LogP contribution < -0.4 is 36.4 Å². The van der Waals surface area contributed by atoms with Crippen molar-refractivity contribution in [1.82, 2.24) is 0 Å². The molecule has 8 aromatic carbocycles. The van der Waals surface area contributed by atoms with Gasteiger partial charge in [-0.25, -0.2) is 0 Å². The first kappa shape index (κ1) is 36.3. The molecule has 0 bridgehead atoms. The van der Waals surface area contributed by atoms with Crippen LogP contribution in [0, 0.1) is 0 Å². The Hall–Kier alpha value is -6.08. The van der Waals surface area contributed by atoms with Gasteiger partial charge in [0.15, 0.2) is 0 Å². The summed E-state index contributed by atoms with van der Waals surface area (Å²) in [6.45, 7) is 0. The molecule has 0 aliphatic carbocycles. The van der Waals surface area contributed by atoms with Gasteiger partial charge < -0.3 is 15.2 Å². The fourth-order valence-corrected chi connectivity index (χ4v) is 12.8. The van der Waals surface area contributed by atoms with Gasteiger partial charge in [0.05, 0.1) is 23.0 Å². The Bertz CT molecular complexity index is 1920. The lowest BCUT2D eigenvalue weighted by atomic mass is 10.3. The largest absolute Gasteiger partial charge is 1.21 e. The molecule has 264 valence electrons. The number of benzene rings is 8. The molecule has 0 spiro atoms. The Morgan fingerprint density at radius 2 is 0.389 bits per heavy atom. The van der Waals surface area contributed by atoms with Crippen LogP contribution in [0.2, 0.25) is 0 Å². The maximum absolute atomic E-state index is 6.31. The number of para-hydroxylation sites is 4.